The molecule has 0 atom stereocenters. The largest absolute Gasteiger partial charge is 0.343 e. The van der Waals surface area contributed by atoms with E-state index in [1.54, 1.807) is 0 Å². The minimum Gasteiger partial charge on any atom is -0.343 e. The van der Waals surface area contributed by atoms with Gasteiger partial charge in [0.15, 0.2) is 11.6 Å². The molecule has 0 aliphatic heterocycles. The molecule has 0 aliphatic carbocycles. The van der Waals surface area contributed by atoms with Gasteiger partial charge in [-0.2, -0.15) is 0 Å². The maximum atomic E-state index is 13.5. The smallest absolute Gasteiger partial charge is 0.231 e. The van der Waals surface area contributed by atoms with Crippen molar-refractivity contribution >= 4 is 23.2 Å². The number of hydrogen-bond acceptors (Lipinski definition) is 2. The van der Waals surface area contributed by atoms with Crippen LogP contribution in [0.2, 0.25) is 5.22 Å². The van der Waals surface area contributed by atoms with Crippen LogP contribution in [0.5, 0.6) is 0 Å². The molecule has 2 nitrogen and oxygen atoms in total. The van der Waals surface area contributed by atoms with E-state index in [2.05, 4.69) is 9.68 Å². The second kappa shape index (κ2) is 4.39. The summed E-state index contributed by atoms with van der Waals surface area (Å²) in [6.07, 6.45) is 0. The van der Waals surface area contributed by atoms with E-state index >= 15 is 0 Å². The first kappa shape index (κ1) is 11.4. The molecule has 0 spiro atoms. The van der Waals surface area contributed by atoms with Crippen LogP contribution in [-0.4, -0.2) is 5.16 Å². The first-order valence-corrected chi connectivity index (χ1v) is 5.20. The summed E-state index contributed by atoms with van der Waals surface area (Å²) in [6, 6.07) is 3.76. The van der Waals surface area contributed by atoms with Gasteiger partial charge in [0, 0.05) is 5.56 Å². The summed E-state index contributed by atoms with van der Waals surface area (Å²) in [5.74, 6) is -1.95. The first-order chi connectivity index (χ1) is 7.65. The van der Waals surface area contributed by atoms with Gasteiger partial charge in [-0.15, -0.1) is 11.6 Å². The fourth-order valence-corrected chi connectivity index (χ4v) is 1.81. The van der Waals surface area contributed by atoms with Gasteiger partial charge in [0.25, 0.3) is 0 Å². The van der Waals surface area contributed by atoms with Gasteiger partial charge < -0.3 is 4.52 Å². The number of alkyl halides is 1. The summed E-state index contributed by atoms with van der Waals surface area (Å²) in [6.45, 7) is 0. The van der Waals surface area contributed by atoms with Crippen LogP contribution in [-0.2, 0) is 5.88 Å². The number of aromatic nitrogens is 1. The van der Waals surface area contributed by atoms with Crippen LogP contribution in [0, 0.1) is 11.6 Å². The molecule has 0 bridgehead atoms. The Hall–Kier alpha value is -1.13. The van der Waals surface area contributed by atoms with Crippen LogP contribution in [0.3, 0.4) is 0 Å². The van der Waals surface area contributed by atoms with E-state index in [0.717, 1.165) is 6.07 Å². The van der Waals surface area contributed by atoms with Gasteiger partial charge in [-0.1, -0.05) is 11.2 Å². The molecule has 0 radical (unpaired) electrons. The molecule has 2 aromatic rings. The molecule has 2 rings (SSSR count). The van der Waals surface area contributed by atoms with E-state index in [4.69, 9.17) is 23.2 Å². The molecule has 1 aromatic carbocycles. The van der Waals surface area contributed by atoms with E-state index in [1.165, 1.54) is 12.1 Å². The topological polar surface area (TPSA) is 26.0 Å². The molecule has 84 valence electrons. The molecule has 0 fully saturated rings. The van der Waals surface area contributed by atoms with Gasteiger partial charge >= 0.3 is 0 Å². The molecule has 1 aromatic heterocycles. The highest BCUT2D eigenvalue weighted by atomic mass is 35.5. The predicted octanol–water partition coefficient (Wildman–Crippen LogP) is 4.01. The number of benzene rings is 1. The number of rotatable bonds is 2. The van der Waals surface area contributed by atoms with Crippen molar-refractivity contribution in [3.63, 3.8) is 0 Å². The lowest BCUT2D eigenvalue weighted by molar-refractivity contribution is 0.422. The summed E-state index contributed by atoms with van der Waals surface area (Å²) in [7, 11) is 0. The Bertz CT molecular complexity index is 528. The second-order valence-electron chi connectivity index (χ2n) is 3.02. The molecule has 0 N–H and O–H groups in total. The normalized spacial score (nSPS) is 10.8. The number of nitrogens with zero attached hydrogens (tertiary/aromatic N) is 1. The zero-order valence-corrected chi connectivity index (χ0v) is 9.32. The standard InChI is InChI=1S/C10H5Cl2F2NO/c11-4-6-9(15-16-10(6)12)5-2-1-3-7(13)8(5)14/h1-3H,4H2. The van der Waals surface area contributed by atoms with Gasteiger partial charge in [-0.05, 0) is 23.7 Å². The SMILES string of the molecule is Fc1cccc(-c2noc(Cl)c2CCl)c1F. The van der Waals surface area contributed by atoms with Crippen molar-refractivity contribution in [2.24, 2.45) is 0 Å². The van der Waals surface area contributed by atoms with Crippen molar-refractivity contribution in [3.05, 3.63) is 40.6 Å². The van der Waals surface area contributed by atoms with E-state index in [0.29, 0.717) is 5.56 Å². The summed E-state index contributed by atoms with van der Waals surface area (Å²) in [4.78, 5) is 0. The molecule has 0 aliphatic rings. The fourth-order valence-electron chi connectivity index (χ4n) is 1.30. The van der Waals surface area contributed by atoms with E-state index < -0.39 is 11.6 Å². The molecular formula is C10H5Cl2F2NO. The van der Waals surface area contributed by atoms with Gasteiger partial charge in [-0.25, -0.2) is 8.78 Å². The van der Waals surface area contributed by atoms with Crippen LogP contribution in [0.15, 0.2) is 22.7 Å². The Labute approximate surface area is 99.8 Å². The third-order valence-corrected chi connectivity index (χ3v) is 2.64. The van der Waals surface area contributed by atoms with E-state index in [1.807, 2.05) is 0 Å². The van der Waals surface area contributed by atoms with Gasteiger partial charge in [0.05, 0.1) is 11.4 Å². The number of halogens is 4. The third-order valence-electron chi connectivity index (χ3n) is 2.08. The summed E-state index contributed by atoms with van der Waals surface area (Å²) in [5.41, 5.74) is 0.441. The first-order valence-electron chi connectivity index (χ1n) is 4.29. The number of hydrogen-bond donors (Lipinski definition) is 0. The Morgan fingerprint density at radius 2 is 2.06 bits per heavy atom. The fraction of sp³-hybridized carbons (Fsp3) is 0.100. The highest BCUT2D eigenvalue weighted by Gasteiger charge is 2.19. The van der Waals surface area contributed by atoms with Crippen LogP contribution in [0.1, 0.15) is 5.56 Å². The van der Waals surface area contributed by atoms with Crippen LogP contribution >= 0.6 is 23.2 Å². The molecule has 0 amide bonds. The van der Waals surface area contributed by atoms with Gasteiger partial charge in [0.1, 0.15) is 5.69 Å². The zero-order chi connectivity index (χ0) is 11.7. The van der Waals surface area contributed by atoms with Crippen molar-refractivity contribution in [2.75, 3.05) is 0 Å². The predicted molar refractivity (Wildman–Crippen MR) is 56.4 cm³/mol. The Kier molecular flexibility index (Phi) is 3.12. The van der Waals surface area contributed by atoms with Crippen molar-refractivity contribution in [1.29, 1.82) is 0 Å². The van der Waals surface area contributed by atoms with Crippen LogP contribution in [0.25, 0.3) is 11.3 Å². The summed E-state index contributed by atoms with van der Waals surface area (Å²) in [5, 5.41) is 3.54. The van der Waals surface area contributed by atoms with Crippen molar-refractivity contribution in [3.8, 4) is 11.3 Å². The van der Waals surface area contributed by atoms with Crippen LogP contribution in [0.4, 0.5) is 8.78 Å². The highest BCUT2D eigenvalue weighted by Crippen LogP contribution is 2.31. The molecule has 0 saturated carbocycles. The lowest BCUT2D eigenvalue weighted by Crippen LogP contribution is -1.91. The second-order valence-corrected chi connectivity index (χ2v) is 3.63. The molecule has 0 saturated heterocycles. The average Bonchev–Trinajstić information content (AvgIpc) is 2.63. The highest BCUT2D eigenvalue weighted by molar-refractivity contribution is 6.31. The minimum atomic E-state index is -1.00. The third kappa shape index (κ3) is 1.79. The van der Waals surface area contributed by atoms with Crippen molar-refractivity contribution < 1.29 is 13.3 Å². The maximum Gasteiger partial charge on any atom is 0.231 e. The molecule has 6 heteroatoms. The molecule has 16 heavy (non-hydrogen) atoms. The van der Waals surface area contributed by atoms with Crippen molar-refractivity contribution in [2.45, 2.75) is 5.88 Å². The van der Waals surface area contributed by atoms with Crippen molar-refractivity contribution in [1.82, 2.24) is 5.16 Å². The summed E-state index contributed by atoms with van der Waals surface area (Å²) < 4.78 is 31.2. The Morgan fingerprint density at radius 3 is 2.75 bits per heavy atom. The minimum absolute atomic E-state index is 0.00756. The van der Waals surface area contributed by atoms with E-state index in [-0.39, 0.29) is 22.4 Å². The molecule has 1 heterocycles. The molecule has 0 unspecified atom stereocenters. The maximum absolute atomic E-state index is 13.5. The Balaban J connectivity index is 2.63. The van der Waals surface area contributed by atoms with Crippen LogP contribution < -0.4 is 0 Å². The van der Waals surface area contributed by atoms with Gasteiger partial charge in [0.2, 0.25) is 5.22 Å². The zero-order valence-electron chi connectivity index (χ0n) is 7.81. The van der Waals surface area contributed by atoms with Gasteiger partial charge in [-0.3, -0.25) is 0 Å². The monoisotopic (exact) mass is 263 g/mol. The molecular weight excluding hydrogens is 259 g/mol. The van der Waals surface area contributed by atoms with E-state index in [9.17, 15) is 8.78 Å². The Morgan fingerprint density at radius 1 is 1.31 bits per heavy atom. The lowest BCUT2D eigenvalue weighted by Gasteiger charge is -2.01. The lowest BCUT2D eigenvalue weighted by atomic mass is 10.1. The quantitative estimate of drug-likeness (QED) is 0.766. The average molecular weight is 264 g/mol. The summed E-state index contributed by atoms with van der Waals surface area (Å²) >= 11 is 11.3.